The first-order chi connectivity index (χ1) is 15.1. The number of nitriles is 1. The Balaban J connectivity index is 1.50. The van der Waals surface area contributed by atoms with E-state index in [1.165, 1.54) is 18.3 Å². The maximum absolute atomic E-state index is 13.9. The van der Waals surface area contributed by atoms with E-state index in [4.69, 9.17) is 4.74 Å². The number of piperidine rings is 1. The highest BCUT2D eigenvalue weighted by Gasteiger charge is 2.28. The van der Waals surface area contributed by atoms with E-state index in [0.717, 1.165) is 0 Å². The van der Waals surface area contributed by atoms with Crippen molar-refractivity contribution in [3.05, 3.63) is 60.0 Å². The summed E-state index contributed by atoms with van der Waals surface area (Å²) in [5, 5.41) is 13.2. The van der Waals surface area contributed by atoms with Gasteiger partial charge in [0.25, 0.3) is 0 Å². The molecule has 7 heteroatoms. The van der Waals surface area contributed by atoms with Crippen LogP contribution in [0.4, 0.5) is 15.8 Å². The van der Waals surface area contributed by atoms with Crippen molar-refractivity contribution in [1.29, 1.82) is 5.26 Å². The van der Waals surface area contributed by atoms with Gasteiger partial charge in [-0.1, -0.05) is 12.1 Å². The summed E-state index contributed by atoms with van der Waals surface area (Å²) in [4.78, 5) is 19.2. The zero-order chi connectivity index (χ0) is 21.8. The van der Waals surface area contributed by atoms with Crippen molar-refractivity contribution in [1.82, 2.24) is 4.98 Å². The van der Waals surface area contributed by atoms with Gasteiger partial charge in [-0.25, -0.2) is 4.39 Å². The number of nitrogens with zero attached hydrogens (tertiary/aromatic N) is 3. The standard InChI is InChI=1S/C24H23FN4O2/c1-2-31-22-6-4-3-5-21(22)28-24(30)16-9-11-29(12-10-16)23-17(14-26)15-27-20-8-7-18(25)13-19(20)23/h3-8,13,15-16H,2,9-12H2,1H3,(H,28,30). The van der Waals surface area contributed by atoms with Gasteiger partial charge in [0.05, 0.1) is 29.1 Å². The number of nitrogens with one attached hydrogen (secondary N) is 1. The van der Waals surface area contributed by atoms with Gasteiger partial charge < -0.3 is 15.0 Å². The number of benzene rings is 2. The molecule has 3 aromatic rings. The van der Waals surface area contributed by atoms with Crippen LogP contribution in [0.25, 0.3) is 10.9 Å². The number of ether oxygens (including phenoxy) is 1. The normalized spacial score (nSPS) is 14.3. The molecule has 1 aromatic heterocycles. The van der Waals surface area contributed by atoms with Crippen LogP contribution in [0, 0.1) is 23.1 Å². The van der Waals surface area contributed by atoms with Gasteiger partial charge in [0.1, 0.15) is 17.6 Å². The van der Waals surface area contributed by atoms with Gasteiger partial charge in [-0.3, -0.25) is 9.78 Å². The number of halogens is 1. The Morgan fingerprint density at radius 1 is 1.29 bits per heavy atom. The number of carbonyl (C=O) groups is 1. The maximum Gasteiger partial charge on any atom is 0.227 e. The molecule has 0 atom stereocenters. The number of anilines is 2. The van der Waals surface area contributed by atoms with Crippen LogP contribution >= 0.6 is 0 Å². The number of carbonyl (C=O) groups excluding carboxylic acids is 1. The first kappa shape index (κ1) is 20.6. The lowest BCUT2D eigenvalue weighted by Crippen LogP contribution is -2.38. The van der Waals surface area contributed by atoms with Crippen LogP contribution in [-0.2, 0) is 4.79 Å². The molecule has 0 saturated carbocycles. The number of amides is 1. The molecule has 0 spiro atoms. The first-order valence-corrected chi connectivity index (χ1v) is 10.4. The third-order valence-electron chi connectivity index (χ3n) is 5.55. The number of aromatic nitrogens is 1. The number of para-hydroxylation sites is 2. The maximum atomic E-state index is 13.9. The third kappa shape index (κ3) is 4.29. The van der Waals surface area contributed by atoms with E-state index in [9.17, 15) is 14.4 Å². The minimum absolute atomic E-state index is 0.0436. The Kier molecular flexibility index (Phi) is 5.99. The van der Waals surface area contributed by atoms with Crippen molar-refractivity contribution in [2.75, 3.05) is 29.9 Å². The second kappa shape index (κ2) is 9.00. The van der Waals surface area contributed by atoms with Crippen LogP contribution in [0.15, 0.2) is 48.7 Å². The highest BCUT2D eigenvalue weighted by atomic mass is 19.1. The predicted molar refractivity (Wildman–Crippen MR) is 118 cm³/mol. The lowest BCUT2D eigenvalue weighted by atomic mass is 9.94. The van der Waals surface area contributed by atoms with Crippen molar-refractivity contribution in [3.63, 3.8) is 0 Å². The van der Waals surface area contributed by atoms with Crippen molar-refractivity contribution >= 4 is 28.2 Å². The summed E-state index contributed by atoms with van der Waals surface area (Å²) in [6.07, 6.45) is 2.79. The summed E-state index contributed by atoms with van der Waals surface area (Å²) >= 11 is 0. The third-order valence-corrected chi connectivity index (χ3v) is 5.55. The molecule has 1 saturated heterocycles. The minimum atomic E-state index is -0.368. The van der Waals surface area contributed by atoms with Crippen LogP contribution in [0.3, 0.4) is 0 Å². The van der Waals surface area contributed by atoms with Gasteiger partial charge in [-0.2, -0.15) is 5.26 Å². The Bertz CT molecular complexity index is 1150. The Morgan fingerprint density at radius 2 is 2.06 bits per heavy atom. The molecule has 2 aromatic carbocycles. The molecular weight excluding hydrogens is 395 g/mol. The lowest BCUT2D eigenvalue weighted by Gasteiger charge is -2.34. The molecule has 0 bridgehead atoms. The van der Waals surface area contributed by atoms with Crippen molar-refractivity contribution < 1.29 is 13.9 Å². The second-order valence-electron chi connectivity index (χ2n) is 7.47. The molecule has 1 N–H and O–H groups in total. The number of rotatable bonds is 5. The number of hydrogen-bond acceptors (Lipinski definition) is 5. The SMILES string of the molecule is CCOc1ccccc1NC(=O)C1CCN(c2c(C#N)cnc3ccc(F)cc23)CC1. The van der Waals surface area contributed by atoms with E-state index in [2.05, 4.69) is 21.3 Å². The molecule has 2 heterocycles. The van der Waals surface area contributed by atoms with E-state index >= 15 is 0 Å². The number of pyridine rings is 1. The fraction of sp³-hybridized carbons (Fsp3) is 0.292. The molecule has 0 aliphatic carbocycles. The Labute approximate surface area is 180 Å². The zero-order valence-corrected chi connectivity index (χ0v) is 17.3. The fourth-order valence-corrected chi connectivity index (χ4v) is 4.02. The average Bonchev–Trinajstić information content (AvgIpc) is 2.79. The zero-order valence-electron chi connectivity index (χ0n) is 17.3. The van der Waals surface area contributed by atoms with E-state index < -0.39 is 0 Å². The summed E-state index contributed by atoms with van der Waals surface area (Å²) in [6.45, 7) is 3.61. The molecule has 0 radical (unpaired) electrons. The number of fused-ring (bicyclic) bond motifs is 1. The predicted octanol–water partition coefficient (Wildman–Crippen LogP) is 4.50. The van der Waals surface area contributed by atoms with Gasteiger partial charge in [0.15, 0.2) is 0 Å². The average molecular weight is 418 g/mol. The van der Waals surface area contributed by atoms with Crippen molar-refractivity contribution in [2.45, 2.75) is 19.8 Å². The van der Waals surface area contributed by atoms with E-state index in [-0.39, 0.29) is 17.6 Å². The van der Waals surface area contributed by atoms with Crippen LogP contribution in [0.2, 0.25) is 0 Å². The summed E-state index contributed by atoms with van der Waals surface area (Å²) in [7, 11) is 0. The highest BCUT2D eigenvalue weighted by Crippen LogP contribution is 2.33. The van der Waals surface area contributed by atoms with E-state index in [0.29, 0.717) is 66.1 Å². The minimum Gasteiger partial charge on any atom is -0.492 e. The first-order valence-electron chi connectivity index (χ1n) is 10.4. The molecule has 0 unspecified atom stereocenters. The molecule has 31 heavy (non-hydrogen) atoms. The summed E-state index contributed by atoms with van der Waals surface area (Å²) < 4.78 is 19.5. The Morgan fingerprint density at radius 3 is 2.81 bits per heavy atom. The summed E-state index contributed by atoms with van der Waals surface area (Å²) in [6, 6.07) is 14.0. The molecule has 1 fully saturated rings. The second-order valence-corrected chi connectivity index (χ2v) is 7.47. The fourth-order valence-electron chi connectivity index (χ4n) is 4.02. The molecular formula is C24H23FN4O2. The van der Waals surface area contributed by atoms with Crippen LogP contribution < -0.4 is 15.0 Å². The number of hydrogen-bond donors (Lipinski definition) is 1. The molecule has 1 aliphatic heterocycles. The van der Waals surface area contributed by atoms with Gasteiger partial charge in [-0.05, 0) is 50.1 Å². The highest BCUT2D eigenvalue weighted by molar-refractivity contribution is 5.96. The molecule has 1 aliphatic rings. The molecule has 4 rings (SSSR count). The topological polar surface area (TPSA) is 78.2 Å². The monoisotopic (exact) mass is 418 g/mol. The van der Waals surface area contributed by atoms with Gasteiger partial charge >= 0.3 is 0 Å². The molecule has 158 valence electrons. The summed E-state index contributed by atoms with van der Waals surface area (Å²) in [5.41, 5.74) is 2.40. The van der Waals surface area contributed by atoms with E-state index in [1.54, 1.807) is 6.07 Å². The van der Waals surface area contributed by atoms with Crippen LogP contribution in [0.5, 0.6) is 5.75 Å². The molecule has 6 nitrogen and oxygen atoms in total. The van der Waals surface area contributed by atoms with Gasteiger partial charge in [-0.15, -0.1) is 0 Å². The summed E-state index contributed by atoms with van der Waals surface area (Å²) in [5.74, 6) is 0.0897. The Hall–Kier alpha value is -3.66. The van der Waals surface area contributed by atoms with Crippen LogP contribution in [0.1, 0.15) is 25.3 Å². The van der Waals surface area contributed by atoms with Crippen molar-refractivity contribution in [3.8, 4) is 11.8 Å². The molecule has 1 amide bonds. The lowest BCUT2D eigenvalue weighted by molar-refractivity contribution is -0.120. The van der Waals surface area contributed by atoms with Crippen LogP contribution in [-0.4, -0.2) is 30.6 Å². The van der Waals surface area contributed by atoms with Crippen molar-refractivity contribution in [2.24, 2.45) is 5.92 Å². The smallest absolute Gasteiger partial charge is 0.227 e. The quantitative estimate of drug-likeness (QED) is 0.660. The van der Waals surface area contributed by atoms with Gasteiger partial charge in [0.2, 0.25) is 5.91 Å². The van der Waals surface area contributed by atoms with E-state index in [1.807, 2.05) is 31.2 Å². The van der Waals surface area contributed by atoms with Gasteiger partial charge in [0, 0.05) is 30.6 Å². The largest absolute Gasteiger partial charge is 0.492 e.